The van der Waals surface area contributed by atoms with Gasteiger partial charge in [0.25, 0.3) is 0 Å². The van der Waals surface area contributed by atoms with Crippen molar-refractivity contribution in [3.05, 3.63) is 76.3 Å². The number of aromatic nitrogens is 3. The normalized spacial score (nSPS) is 12.3. The molecule has 2 aromatic carbocycles. The van der Waals surface area contributed by atoms with Crippen molar-refractivity contribution in [2.45, 2.75) is 6.10 Å². The van der Waals surface area contributed by atoms with Crippen LogP contribution >= 0.6 is 15.9 Å². The molecule has 0 saturated carbocycles. The third kappa shape index (κ3) is 2.72. The molecule has 3 aromatic rings. The van der Waals surface area contributed by atoms with Crippen molar-refractivity contribution in [3.8, 4) is 5.69 Å². The van der Waals surface area contributed by atoms with Crippen molar-refractivity contribution in [1.82, 2.24) is 15.0 Å². The van der Waals surface area contributed by atoms with Gasteiger partial charge < -0.3 is 5.11 Å². The molecular formula is C15H11BrFN3O. The van der Waals surface area contributed by atoms with E-state index in [1.807, 2.05) is 30.3 Å². The molecule has 1 unspecified atom stereocenters. The predicted octanol–water partition coefficient (Wildman–Crippen LogP) is 3.25. The summed E-state index contributed by atoms with van der Waals surface area (Å²) in [4.78, 5) is 0. The lowest BCUT2D eigenvalue weighted by Crippen LogP contribution is -2.10. The Kier molecular flexibility index (Phi) is 3.81. The molecular weight excluding hydrogens is 337 g/mol. The van der Waals surface area contributed by atoms with Gasteiger partial charge in [0, 0.05) is 10.0 Å². The van der Waals surface area contributed by atoms with Crippen molar-refractivity contribution in [2.24, 2.45) is 0 Å². The Morgan fingerprint density at radius 2 is 1.90 bits per heavy atom. The monoisotopic (exact) mass is 347 g/mol. The first-order chi connectivity index (χ1) is 10.2. The number of halogens is 2. The van der Waals surface area contributed by atoms with Crippen LogP contribution in [0.5, 0.6) is 0 Å². The maximum Gasteiger partial charge on any atom is 0.129 e. The molecule has 6 heteroatoms. The van der Waals surface area contributed by atoms with Gasteiger partial charge in [0.05, 0.1) is 17.6 Å². The Bertz CT molecular complexity index is 761. The summed E-state index contributed by atoms with van der Waals surface area (Å²) in [6.07, 6.45) is 0.274. The minimum Gasteiger partial charge on any atom is -0.382 e. The van der Waals surface area contributed by atoms with E-state index < -0.39 is 11.9 Å². The lowest BCUT2D eigenvalue weighted by atomic mass is 10.1. The maximum atomic E-state index is 13.9. The lowest BCUT2D eigenvalue weighted by molar-refractivity contribution is 0.206. The van der Waals surface area contributed by atoms with Crippen LogP contribution in [0.2, 0.25) is 0 Å². The van der Waals surface area contributed by atoms with Gasteiger partial charge in [-0.3, -0.25) is 0 Å². The Labute approximate surface area is 129 Å². The molecule has 0 aliphatic heterocycles. The molecule has 1 heterocycles. The summed E-state index contributed by atoms with van der Waals surface area (Å²) in [5, 5.41) is 18.2. The molecule has 0 aliphatic rings. The van der Waals surface area contributed by atoms with Crippen molar-refractivity contribution >= 4 is 15.9 Å². The van der Waals surface area contributed by atoms with E-state index in [-0.39, 0.29) is 5.56 Å². The Hall–Kier alpha value is -2.05. The van der Waals surface area contributed by atoms with Crippen molar-refractivity contribution in [1.29, 1.82) is 0 Å². The van der Waals surface area contributed by atoms with Crippen molar-refractivity contribution < 1.29 is 9.50 Å². The zero-order valence-corrected chi connectivity index (χ0v) is 12.4. The topological polar surface area (TPSA) is 50.9 Å². The van der Waals surface area contributed by atoms with E-state index in [0.29, 0.717) is 10.2 Å². The SMILES string of the molecule is OC(c1cc(Br)ccc1F)c1cnnn1-c1ccccc1. The first-order valence-corrected chi connectivity index (χ1v) is 7.05. The first-order valence-electron chi connectivity index (χ1n) is 6.26. The molecule has 3 rings (SSSR count). The number of benzene rings is 2. The third-order valence-corrected chi connectivity index (χ3v) is 3.60. The van der Waals surface area contributed by atoms with Gasteiger partial charge in [-0.05, 0) is 30.3 Å². The summed E-state index contributed by atoms with van der Waals surface area (Å²) in [5.41, 5.74) is 1.32. The van der Waals surface area contributed by atoms with Crippen molar-refractivity contribution in [2.75, 3.05) is 0 Å². The Morgan fingerprint density at radius 3 is 2.67 bits per heavy atom. The van der Waals surface area contributed by atoms with Crippen LogP contribution in [-0.4, -0.2) is 20.1 Å². The van der Waals surface area contributed by atoms with Gasteiger partial charge in [-0.25, -0.2) is 9.07 Å². The number of para-hydroxylation sites is 1. The summed E-state index contributed by atoms with van der Waals surface area (Å²) in [6.45, 7) is 0. The van der Waals surface area contributed by atoms with Crippen LogP contribution < -0.4 is 0 Å². The summed E-state index contributed by atoms with van der Waals surface area (Å²) in [5.74, 6) is -0.480. The number of hydrogen-bond donors (Lipinski definition) is 1. The van der Waals surface area contributed by atoms with Crippen LogP contribution in [0.4, 0.5) is 4.39 Å². The van der Waals surface area contributed by atoms with Crippen LogP contribution in [0.1, 0.15) is 17.4 Å². The zero-order chi connectivity index (χ0) is 14.8. The molecule has 0 amide bonds. The minimum atomic E-state index is -1.15. The third-order valence-electron chi connectivity index (χ3n) is 3.11. The second-order valence-corrected chi connectivity index (χ2v) is 5.39. The largest absolute Gasteiger partial charge is 0.382 e. The standard InChI is InChI=1S/C15H11BrFN3O/c16-10-6-7-13(17)12(8-10)15(21)14-9-18-19-20(14)11-4-2-1-3-5-11/h1-9,15,21H. The number of aliphatic hydroxyl groups is 1. The van der Waals surface area contributed by atoms with Gasteiger partial charge in [0.2, 0.25) is 0 Å². The molecule has 21 heavy (non-hydrogen) atoms. The molecule has 1 aromatic heterocycles. The molecule has 0 aliphatic carbocycles. The second kappa shape index (κ2) is 5.75. The molecule has 4 nitrogen and oxygen atoms in total. The average Bonchev–Trinajstić information content (AvgIpc) is 2.99. The smallest absolute Gasteiger partial charge is 0.129 e. The highest BCUT2D eigenvalue weighted by atomic mass is 79.9. The zero-order valence-electron chi connectivity index (χ0n) is 10.8. The molecule has 0 radical (unpaired) electrons. The minimum absolute atomic E-state index is 0.170. The summed E-state index contributed by atoms with van der Waals surface area (Å²) < 4.78 is 16.1. The fourth-order valence-electron chi connectivity index (χ4n) is 2.08. The highest BCUT2D eigenvalue weighted by molar-refractivity contribution is 9.10. The van der Waals surface area contributed by atoms with Gasteiger partial charge in [0.1, 0.15) is 11.9 Å². The highest BCUT2D eigenvalue weighted by Gasteiger charge is 2.20. The quantitative estimate of drug-likeness (QED) is 0.791. The van der Waals surface area contributed by atoms with Crippen LogP contribution in [0.15, 0.2) is 59.2 Å². The molecule has 1 atom stereocenters. The van der Waals surface area contributed by atoms with Gasteiger partial charge >= 0.3 is 0 Å². The van der Waals surface area contributed by atoms with Gasteiger partial charge in [-0.1, -0.05) is 39.3 Å². The number of hydrogen-bond acceptors (Lipinski definition) is 3. The molecule has 1 N–H and O–H groups in total. The first kappa shape index (κ1) is 13.9. The van der Waals surface area contributed by atoms with Gasteiger partial charge in [-0.2, -0.15) is 0 Å². The number of nitrogens with zero attached hydrogens (tertiary/aromatic N) is 3. The summed E-state index contributed by atoms with van der Waals surface area (Å²) in [7, 11) is 0. The van der Waals surface area contributed by atoms with E-state index in [9.17, 15) is 9.50 Å². The lowest BCUT2D eigenvalue weighted by Gasteiger charge is -2.14. The number of rotatable bonds is 3. The van der Waals surface area contributed by atoms with E-state index in [2.05, 4.69) is 26.2 Å². The van der Waals surface area contributed by atoms with Crippen LogP contribution in [0.3, 0.4) is 0 Å². The fraction of sp³-hybridized carbons (Fsp3) is 0.0667. The van der Waals surface area contributed by atoms with E-state index in [1.165, 1.54) is 16.9 Å². The van der Waals surface area contributed by atoms with Crippen LogP contribution in [0, 0.1) is 5.82 Å². The molecule has 0 bridgehead atoms. The maximum absolute atomic E-state index is 13.9. The summed E-state index contributed by atoms with van der Waals surface area (Å²) in [6, 6.07) is 13.7. The van der Waals surface area contributed by atoms with Gasteiger partial charge in [-0.15, -0.1) is 5.10 Å². The molecule has 106 valence electrons. The Morgan fingerprint density at radius 1 is 1.14 bits per heavy atom. The van der Waals surface area contributed by atoms with Crippen LogP contribution in [-0.2, 0) is 0 Å². The average molecular weight is 348 g/mol. The molecule has 0 saturated heterocycles. The second-order valence-electron chi connectivity index (χ2n) is 4.47. The predicted molar refractivity (Wildman–Crippen MR) is 79.5 cm³/mol. The van der Waals surface area contributed by atoms with E-state index >= 15 is 0 Å². The molecule has 0 spiro atoms. The van der Waals surface area contributed by atoms with E-state index in [4.69, 9.17) is 0 Å². The molecule has 0 fully saturated rings. The highest BCUT2D eigenvalue weighted by Crippen LogP contribution is 2.27. The fourth-order valence-corrected chi connectivity index (χ4v) is 2.46. The van der Waals surface area contributed by atoms with E-state index in [0.717, 1.165) is 5.69 Å². The van der Waals surface area contributed by atoms with Gasteiger partial charge in [0.15, 0.2) is 0 Å². The van der Waals surface area contributed by atoms with Crippen LogP contribution in [0.25, 0.3) is 5.69 Å². The number of aliphatic hydroxyl groups excluding tert-OH is 1. The van der Waals surface area contributed by atoms with Crippen molar-refractivity contribution in [3.63, 3.8) is 0 Å². The Balaban J connectivity index is 2.06. The van der Waals surface area contributed by atoms with E-state index in [1.54, 1.807) is 12.1 Å². The summed E-state index contributed by atoms with van der Waals surface area (Å²) >= 11 is 3.28.